The van der Waals surface area contributed by atoms with Crippen molar-refractivity contribution in [3.8, 4) is 0 Å². The molecule has 0 spiro atoms. The second-order valence-corrected chi connectivity index (χ2v) is 12.9. The topological polar surface area (TPSA) is 0 Å². The molecule has 0 saturated heterocycles. The predicted octanol–water partition coefficient (Wildman–Crippen LogP) is 2.30. The van der Waals surface area contributed by atoms with Gasteiger partial charge in [-0.25, -0.2) is 0 Å². The lowest BCUT2D eigenvalue weighted by atomic mass is 11.7. The van der Waals surface area contributed by atoms with E-state index in [2.05, 4.69) is 32.5 Å². The van der Waals surface area contributed by atoms with Gasteiger partial charge in [-0.2, -0.15) is 0 Å². The maximum absolute atomic E-state index is 3.56. The number of hydrogen-bond donors (Lipinski definition) is 0. The van der Waals surface area contributed by atoms with E-state index < -0.39 is 8.07 Å². The van der Waals surface area contributed by atoms with E-state index in [1.807, 2.05) is 0 Å². The van der Waals surface area contributed by atoms with Crippen molar-refractivity contribution < 1.29 is 0 Å². The highest BCUT2D eigenvalue weighted by atomic mass is 79.9. The number of halogens is 1. The molecule has 0 fully saturated rings. The molecule has 0 aliphatic rings. The molecule has 0 heterocycles. The highest BCUT2D eigenvalue weighted by Gasteiger charge is 2.11. The van der Waals surface area contributed by atoms with Gasteiger partial charge in [0.1, 0.15) is 0 Å². The van der Waals surface area contributed by atoms with Gasteiger partial charge in [0.15, 0.2) is 0 Å². The van der Waals surface area contributed by atoms with Crippen molar-refractivity contribution in [2.75, 3.05) is 0 Å². The summed E-state index contributed by atoms with van der Waals surface area (Å²) < 4.78 is 1.53. The van der Waals surface area contributed by atoms with Gasteiger partial charge in [-0.1, -0.05) is 19.6 Å². The molecule has 0 unspecified atom stereocenters. The molecule has 0 bridgehead atoms. The Hall–Kier alpha value is 1.46. The van der Waals surface area contributed by atoms with Crippen LogP contribution in [0.1, 0.15) is 0 Å². The van der Waals surface area contributed by atoms with E-state index in [0.29, 0.717) is 0 Å². The zero-order chi connectivity index (χ0) is 5.91. The Balaban J connectivity index is 3.15. The molecule has 0 aromatic heterocycles. The molecule has 7 heavy (non-hydrogen) atoms. The van der Waals surface area contributed by atoms with Crippen LogP contribution >= 0.6 is 12.9 Å². The molecule has 0 aliphatic heterocycles. The third-order valence-electron chi connectivity index (χ3n) is 0.844. The molecule has 0 atom stereocenters. The maximum atomic E-state index is 3.56. The summed E-state index contributed by atoms with van der Waals surface area (Å²) in [7, 11) is -0.642. The van der Waals surface area contributed by atoms with Crippen molar-refractivity contribution in [2.24, 2.45) is 0 Å². The van der Waals surface area contributed by atoms with E-state index in [9.17, 15) is 0 Å². The molecule has 0 aromatic rings. The van der Waals surface area contributed by atoms with Crippen LogP contribution in [0.3, 0.4) is 0 Å². The lowest BCUT2D eigenvalue weighted by Gasteiger charge is -2.12. The Morgan fingerprint density at radius 2 is 1.86 bits per heavy atom. The van der Waals surface area contributed by atoms with Crippen LogP contribution < -0.4 is 0 Å². The molecule has 0 amide bonds. The molecule has 0 radical (unpaired) electrons. The van der Waals surface area contributed by atoms with Crippen molar-refractivity contribution in [2.45, 2.75) is 23.8 Å². The summed E-state index contributed by atoms with van der Waals surface area (Å²) in [6.45, 7) is 7.25. The first kappa shape index (κ1) is 8.46. The molecule has 0 nitrogen and oxygen atoms in total. The first-order valence-corrected chi connectivity index (χ1v) is 11.2. The quantitative estimate of drug-likeness (QED) is 0.588. The minimum absolute atomic E-state index is 0.184. The molecule has 3 heteroatoms. The van der Waals surface area contributed by atoms with Crippen LogP contribution in [0.4, 0.5) is 0 Å². The Bertz CT molecular complexity index is 50.1. The smallest absolute Gasteiger partial charge is 0.307 e. The second kappa shape index (κ2) is 3.48. The fraction of sp³-hybridized carbons (Fsp3) is 1.00. The summed E-state index contributed by atoms with van der Waals surface area (Å²) in [4.78, 5) is 0. The zero-order valence-electron chi connectivity index (χ0n) is 5.29. The lowest BCUT2D eigenvalue weighted by Crippen LogP contribution is -2.20. The molecule has 0 rings (SSSR count). The molecular weight excluding hydrogens is 180 g/mol. The van der Waals surface area contributed by atoms with E-state index in [-0.39, 0.29) is 18.2 Å². The van der Waals surface area contributed by atoms with Crippen LogP contribution in [0.25, 0.3) is 0 Å². The maximum Gasteiger partial charge on any atom is 0.465 e. The first-order chi connectivity index (χ1) is 3.06. The van der Waals surface area contributed by atoms with Crippen LogP contribution in [0.2, 0.25) is 23.8 Å². The van der Waals surface area contributed by atoms with Gasteiger partial charge in [0.05, 0.1) is 0 Å². The van der Waals surface area contributed by atoms with E-state index in [1.165, 1.54) is 4.17 Å². The standard InChI is InChI=1S/C4H11Si.BrH.Mg/c1-5(2,3)4;;/h1H2,2-4H3;1H;/q;;+1/p-1. The Morgan fingerprint density at radius 1 is 1.43 bits per heavy atom. The largest absolute Gasteiger partial charge is 0.465 e. The van der Waals surface area contributed by atoms with E-state index in [4.69, 9.17) is 0 Å². The van der Waals surface area contributed by atoms with Crippen LogP contribution in [0, 0.1) is 0 Å². The minimum atomic E-state index is -0.642. The Labute approximate surface area is 62.7 Å². The normalized spacial score (nSPS) is 10.9. The highest BCUT2D eigenvalue weighted by Crippen LogP contribution is 2.06. The average Bonchev–Trinajstić information content (AvgIpc) is 1.30. The SMILES string of the molecule is C[Si](C)(C)[CH2][Mg][Br]. The first-order valence-electron chi connectivity index (χ1n) is 2.62. The van der Waals surface area contributed by atoms with Crippen molar-refractivity contribution in [3.05, 3.63) is 0 Å². The zero-order valence-corrected chi connectivity index (χ0v) is 9.29. The third-order valence-corrected chi connectivity index (χ3v) is 11.2. The summed E-state index contributed by atoms with van der Waals surface area (Å²) in [5.41, 5.74) is 0. The van der Waals surface area contributed by atoms with Gasteiger partial charge in [0, 0.05) is 8.07 Å². The van der Waals surface area contributed by atoms with Crippen LogP contribution in [0.5, 0.6) is 0 Å². The predicted molar refractivity (Wildman–Crippen MR) is 42.8 cm³/mol. The van der Waals surface area contributed by atoms with E-state index in [1.54, 1.807) is 0 Å². The lowest BCUT2D eigenvalue weighted by molar-refractivity contribution is 1.65. The number of rotatable bonds is 2. The van der Waals surface area contributed by atoms with E-state index >= 15 is 0 Å². The molecule has 0 N–H and O–H groups in total. The van der Waals surface area contributed by atoms with Crippen molar-refractivity contribution in [3.63, 3.8) is 0 Å². The van der Waals surface area contributed by atoms with Gasteiger partial charge >= 0.3 is 18.2 Å². The third kappa shape index (κ3) is 7.46. The van der Waals surface area contributed by atoms with E-state index in [0.717, 1.165) is 0 Å². The van der Waals surface area contributed by atoms with Crippen LogP contribution in [0.15, 0.2) is 0 Å². The van der Waals surface area contributed by atoms with Gasteiger partial charge in [0.2, 0.25) is 0 Å². The molecule has 0 aliphatic carbocycles. The number of hydrogen-bond acceptors (Lipinski definition) is 0. The Morgan fingerprint density at radius 3 is 1.86 bits per heavy atom. The van der Waals surface area contributed by atoms with Gasteiger partial charge in [0.25, 0.3) is 0 Å². The van der Waals surface area contributed by atoms with Crippen molar-refractivity contribution >= 4 is 39.2 Å². The molecular formula is C4H11BrMgSi. The van der Waals surface area contributed by atoms with Gasteiger partial charge in [-0.05, 0) is 0 Å². The monoisotopic (exact) mass is 190 g/mol. The Kier molecular flexibility index (Phi) is 4.21. The summed E-state index contributed by atoms with van der Waals surface area (Å²) in [6, 6.07) is 0. The van der Waals surface area contributed by atoms with Crippen LogP contribution in [-0.4, -0.2) is 26.3 Å². The van der Waals surface area contributed by atoms with Gasteiger partial charge in [-0.15, -0.1) is 4.17 Å². The average molecular weight is 191 g/mol. The fourth-order valence-corrected chi connectivity index (χ4v) is 13.3. The fourth-order valence-electron chi connectivity index (χ4n) is 0.283. The van der Waals surface area contributed by atoms with Crippen LogP contribution in [-0.2, 0) is 0 Å². The molecule has 0 aromatic carbocycles. The summed E-state index contributed by atoms with van der Waals surface area (Å²) in [5, 5.41) is 0. The van der Waals surface area contributed by atoms with Crippen molar-refractivity contribution in [1.29, 1.82) is 0 Å². The summed E-state index contributed by atoms with van der Waals surface area (Å²) >= 11 is 3.74. The molecule has 40 valence electrons. The second-order valence-electron chi connectivity index (χ2n) is 3.00. The minimum Gasteiger partial charge on any atom is -0.307 e. The van der Waals surface area contributed by atoms with Gasteiger partial charge in [-0.3, -0.25) is 0 Å². The van der Waals surface area contributed by atoms with Gasteiger partial charge < -0.3 is 12.9 Å². The summed E-state index contributed by atoms with van der Waals surface area (Å²) in [5.74, 6) is 0. The highest BCUT2D eigenvalue weighted by molar-refractivity contribution is 9.23. The van der Waals surface area contributed by atoms with Crippen molar-refractivity contribution in [1.82, 2.24) is 0 Å². The summed E-state index contributed by atoms with van der Waals surface area (Å²) in [6.07, 6.45) is 0. The molecule has 0 saturated carbocycles.